The third-order valence-electron chi connectivity index (χ3n) is 4.56. The minimum Gasteiger partial charge on any atom is -0.467 e. The predicted octanol–water partition coefficient (Wildman–Crippen LogP) is -0.0304. The molecule has 10 nitrogen and oxygen atoms in total. The molecule has 0 radical (unpaired) electrons. The second-order valence-electron chi connectivity index (χ2n) is 6.65. The van der Waals surface area contributed by atoms with Crippen molar-refractivity contribution in [1.29, 1.82) is 5.41 Å². The molecule has 0 bridgehead atoms. The van der Waals surface area contributed by atoms with Gasteiger partial charge in [-0.15, -0.1) is 0 Å². The van der Waals surface area contributed by atoms with Crippen LogP contribution in [0.25, 0.3) is 0 Å². The molecule has 1 aromatic carbocycles. The molecule has 0 spiro atoms. The van der Waals surface area contributed by atoms with Gasteiger partial charge in [-0.3, -0.25) is 10.2 Å². The number of urea groups is 1. The van der Waals surface area contributed by atoms with E-state index >= 15 is 0 Å². The number of carbonyl (C=O) groups excluding carboxylic acids is 3. The summed E-state index contributed by atoms with van der Waals surface area (Å²) in [6.07, 6.45) is 0.436. The molecule has 0 saturated carbocycles. The highest BCUT2D eigenvalue weighted by Crippen LogP contribution is 2.42. The van der Waals surface area contributed by atoms with Crippen LogP contribution in [-0.4, -0.2) is 54.3 Å². The van der Waals surface area contributed by atoms with Gasteiger partial charge >= 0.3 is 12.0 Å². The van der Waals surface area contributed by atoms with Crippen LogP contribution in [0.1, 0.15) is 18.9 Å². The minimum atomic E-state index is -1.31. The summed E-state index contributed by atoms with van der Waals surface area (Å²) >= 11 is 0. The second kappa shape index (κ2) is 8.51. The number of esters is 1. The molecule has 150 valence electrons. The summed E-state index contributed by atoms with van der Waals surface area (Å²) in [4.78, 5) is 41.8. The van der Waals surface area contributed by atoms with Crippen LogP contribution in [0.15, 0.2) is 35.3 Å². The molecular weight excluding hydrogens is 364 g/mol. The molecule has 1 aliphatic rings. The van der Waals surface area contributed by atoms with Gasteiger partial charge in [-0.2, -0.15) is 0 Å². The number of rotatable bonds is 6. The number of nitrogens with one attached hydrogen (secondary N) is 2. The number of amides is 3. The Bertz CT molecular complexity index is 810. The van der Waals surface area contributed by atoms with Crippen LogP contribution in [0.4, 0.5) is 4.79 Å². The van der Waals surface area contributed by atoms with Crippen molar-refractivity contribution in [3.63, 3.8) is 0 Å². The minimum absolute atomic E-state index is 0.0820. The summed E-state index contributed by atoms with van der Waals surface area (Å²) < 4.78 is 4.75. The van der Waals surface area contributed by atoms with Gasteiger partial charge in [0.25, 0.3) is 0 Å². The molecule has 28 heavy (non-hydrogen) atoms. The zero-order valence-electron chi connectivity index (χ0n) is 15.8. The number of ether oxygens (including phenoxy) is 1. The Labute approximate surface area is 162 Å². The quantitative estimate of drug-likeness (QED) is 0.231. The molecule has 1 saturated heterocycles. The molecule has 2 atom stereocenters. The third kappa shape index (κ3) is 4.27. The fourth-order valence-corrected chi connectivity index (χ4v) is 3.20. The van der Waals surface area contributed by atoms with Gasteiger partial charge < -0.3 is 21.5 Å². The number of amidine groups is 1. The highest BCUT2D eigenvalue weighted by atomic mass is 16.5. The number of methoxy groups -OCH3 is 1. The van der Waals surface area contributed by atoms with E-state index in [1.165, 1.54) is 14.0 Å². The van der Waals surface area contributed by atoms with Crippen molar-refractivity contribution in [3.8, 4) is 0 Å². The van der Waals surface area contributed by atoms with Gasteiger partial charge in [0.2, 0.25) is 11.9 Å². The molecule has 0 aromatic heterocycles. The van der Waals surface area contributed by atoms with Crippen molar-refractivity contribution in [2.45, 2.75) is 25.8 Å². The summed E-state index contributed by atoms with van der Waals surface area (Å²) in [7, 11) is 1.17. The molecule has 3 amide bonds. The van der Waals surface area contributed by atoms with Crippen LogP contribution >= 0.6 is 0 Å². The van der Waals surface area contributed by atoms with Crippen LogP contribution < -0.4 is 16.8 Å². The topological polar surface area (TPSA) is 164 Å². The first-order valence-corrected chi connectivity index (χ1v) is 8.61. The van der Waals surface area contributed by atoms with Crippen molar-refractivity contribution in [2.24, 2.45) is 21.9 Å². The average molecular weight is 388 g/mol. The van der Waals surface area contributed by atoms with Crippen LogP contribution in [-0.2, 0) is 20.7 Å². The van der Waals surface area contributed by atoms with Crippen LogP contribution in [0.2, 0.25) is 0 Å². The summed E-state index contributed by atoms with van der Waals surface area (Å²) in [6, 6.07) is 7.69. The van der Waals surface area contributed by atoms with Crippen molar-refractivity contribution >= 4 is 29.7 Å². The van der Waals surface area contributed by atoms with E-state index in [1.807, 2.05) is 30.3 Å². The smallest absolute Gasteiger partial charge is 0.330 e. The molecule has 2 rings (SSSR count). The SMILES string of the molecule is COC(=O)[C@H]1N(C(=O)NCCc2ccccc2)C(=O)[C@]1(C)CC(N)=NC(=N)N. The Hall–Kier alpha value is -3.43. The monoisotopic (exact) mass is 388 g/mol. The standard InChI is InChI=1S/C18H24N6O4/c1-18(10-12(19)23-16(20)21)13(14(25)28-2)24(15(18)26)17(27)22-9-8-11-6-4-3-5-7-11/h3-7,13H,8-10H2,1-2H3,(H,22,27)(H5,19,20,21,23)/t13-,18-/m1/s1. The van der Waals surface area contributed by atoms with E-state index in [9.17, 15) is 14.4 Å². The lowest BCUT2D eigenvalue weighted by atomic mass is 9.69. The number of nitrogens with two attached hydrogens (primary N) is 2. The Morgan fingerprint density at radius 3 is 2.54 bits per heavy atom. The third-order valence-corrected chi connectivity index (χ3v) is 4.56. The Kier molecular flexibility index (Phi) is 6.34. The summed E-state index contributed by atoms with van der Waals surface area (Å²) in [5.41, 5.74) is 10.6. The van der Waals surface area contributed by atoms with E-state index in [0.29, 0.717) is 13.0 Å². The first-order valence-electron chi connectivity index (χ1n) is 8.61. The lowest BCUT2D eigenvalue weighted by Crippen LogP contribution is -2.74. The highest BCUT2D eigenvalue weighted by Gasteiger charge is 2.64. The van der Waals surface area contributed by atoms with Gasteiger partial charge in [-0.05, 0) is 18.9 Å². The first-order chi connectivity index (χ1) is 13.2. The zero-order chi connectivity index (χ0) is 20.9. The summed E-state index contributed by atoms with van der Waals surface area (Å²) in [6.45, 7) is 1.79. The van der Waals surface area contributed by atoms with Gasteiger partial charge in [0.15, 0.2) is 6.04 Å². The van der Waals surface area contributed by atoms with Crippen LogP contribution in [0.5, 0.6) is 0 Å². The maximum absolute atomic E-state index is 12.7. The van der Waals surface area contributed by atoms with E-state index in [2.05, 4.69) is 10.3 Å². The van der Waals surface area contributed by atoms with Gasteiger partial charge in [-0.1, -0.05) is 30.3 Å². The number of nitrogens with zero attached hydrogens (tertiary/aromatic N) is 2. The molecule has 0 aliphatic carbocycles. The number of hydrogen-bond acceptors (Lipinski definition) is 5. The number of guanidine groups is 1. The molecule has 1 heterocycles. The number of hydrogen-bond donors (Lipinski definition) is 4. The van der Waals surface area contributed by atoms with E-state index in [0.717, 1.165) is 10.5 Å². The van der Waals surface area contributed by atoms with E-state index in [1.54, 1.807) is 0 Å². The molecule has 1 aliphatic heterocycles. The number of imide groups is 1. The van der Waals surface area contributed by atoms with Gasteiger partial charge in [0, 0.05) is 13.0 Å². The maximum Gasteiger partial charge on any atom is 0.330 e. The largest absolute Gasteiger partial charge is 0.467 e. The molecular formula is C18H24N6O4. The average Bonchev–Trinajstić information content (AvgIpc) is 2.64. The predicted molar refractivity (Wildman–Crippen MR) is 102 cm³/mol. The fourth-order valence-electron chi connectivity index (χ4n) is 3.20. The number of β-lactam (4-membered cyclic amide) rings is 1. The number of benzene rings is 1. The summed E-state index contributed by atoms with van der Waals surface area (Å²) in [5.74, 6) is -1.92. The maximum atomic E-state index is 12.7. The van der Waals surface area contributed by atoms with Crippen molar-refractivity contribution in [3.05, 3.63) is 35.9 Å². The van der Waals surface area contributed by atoms with Crippen LogP contribution in [0, 0.1) is 10.8 Å². The van der Waals surface area contributed by atoms with E-state index in [4.69, 9.17) is 21.6 Å². The molecule has 0 unspecified atom stereocenters. The van der Waals surface area contributed by atoms with Gasteiger partial charge in [0.1, 0.15) is 5.84 Å². The normalized spacial score (nSPS) is 21.6. The molecule has 1 aromatic rings. The highest BCUT2D eigenvalue weighted by molar-refractivity contribution is 6.12. The Morgan fingerprint density at radius 2 is 1.96 bits per heavy atom. The number of aliphatic imine (C=N–C) groups is 1. The van der Waals surface area contributed by atoms with Gasteiger partial charge in [-0.25, -0.2) is 19.5 Å². The van der Waals surface area contributed by atoms with Crippen molar-refractivity contribution < 1.29 is 19.1 Å². The molecule has 1 fully saturated rings. The summed E-state index contributed by atoms with van der Waals surface area (Å²) in [5, 5.41) is 9.78. The van der Waals surface area contributed by atoms with Crippen LogP contribution in [0.3, 0.4) is 0 Å². The molecule has 6 N–H and O–H groups in total. The van der Waals surface area contributed by atoms with E-state index < -0.39 is 35.3 Å². The number of carbonyl (C=O) groups is 3. The first kappa shape index (κ1) is 20.9. The zero-order valence-corrected chi connectivity index (χ0v) is 15.8. The number of likely N-dealkylation sites (tertiary alicyclic amines) is 1. The lowest BCUT2D eigenvalue weighted by molar-refractivity contribution is -0.177. The second-order valence-corrected chi connectivity index (χ2v) is 6.65. The van der Waals surface area contributed by atoms with E-state index in [-0.39, 0.29) is 12.3 Å². The Balaban J connectivity index is 2.08. The lowest BCUT2D eigenvalue weighted by Gasteiger charge is -2.50. The van der Waals surface area contributed by atoms with Gasteiger partial charge in [0.05, 0.1) is 12.5 Å². The van der Waals surface area contributed by atoms with Crippen molar-refractivity contribution in [2.75, 3.05) is 13.7 Å². The van der Waals surface area contributed by atoms with Crippen molar-refractivity contribution in [1.82, 2.24) is 10.2 Å². The Morgan fingerprint density at radius 1 is 1.32 bits per heavy atom. The fraction of sp³-hybridized carbons (Fsp3) is 0.389. The molecule has 10 heteroatoms.